The van der Waals surface area contributed by atoms with Gasteiger partial charge in [-0.2, -0.15) is 0 Å². The van der Waals surface area contributed by atoms with Crippen molar-refractivity contribution in [3.05, 3.63) is 84.2 Å². The zero-order chi connectivity index (χ0) is 19.8. The van der Waals surface area contributed by atoms with Crippen LogP contribution in [0.5, 0.6) is 5.75 Å². The third-order valence-electron chi connectivity index (χ3n) is 3.92. The van der Waals surface area contributed by atoms with Crippen LogP contribution in [0, 0.1) is 0 Å². The van der Waals surface area contributed by atoms with Gasteiger partial charge < -0.3 is 20.7 Å². The van der Waals surface area contributed by atoms with E-state index in [1.54, 1.807) is 49.7 Å². The molecule has 0 aliphatic rings. The number of hydrogen-bond donors (Lipinski definition) is 3. The molecule has 7 nitrogen and oxygen atoms in total. The Balaban J connectivity index is 1.55. The summed E-state index contributed by atoms with van der Waals surface area (Å²) in [6.45, 7) is 0.325. The Morgan fingerprint density at radius 1 is 0.929 bits per heavy atom. The summed E-state index contributed by atoms with van der Waals surface area (Å²) < 4.78 is 5.23. The molecule has 0 saturated carbocycles. The van der Waals surface area contributed by atoms with Gasteiger partial charge in [-0.15, -0.1) is 0 Å². The average Bonchev–Trinajstić information content (AvgIpc) is 2.74. The van der Waals surface area contributed by atoms with E-state index < -0.39 is 0 Å². The number of carbonyl (C=O) groups is 2. The lowest BCUT2D eigenvalue weighted by atomic mass is 10.2. The first kappa shape index (κ1) is 18.9. The number of ether oxygens (including phenoxy) is 1. The maximum Gasteiger partial charge on any atom is 0.319 e. The Bertz CT molecular complexity index is 943. The fourth-order valence-corrected chi connectivity index (χ4v) is 2.50. The molecule has 7 heteroatoms. The molecule has 0 radical (unpaired) electrons. The molecule has 0 spiro atoms. The fourth-order valence-electron chi connectivity index (χ4n) is 2.50. The second-order valence-electron chi connectivity index (χ2n) is 5.86. The number of carbonyl (C=O) groups excluding carboxylic acids is 2. The van der Waals surface area contributed by atoms with E-state index >= 15 is 0 Å². The molecule has 0 fully saturated rings. The number of nitrogens with one attached hydrogen (secondary N) is 3. The lowest BCUT2D eigenvalue weighted by Crippen LogP contribution is -2.28. The lowest BCUT2D eigenvalue weighted by molar-refractivity contribution is 0.102. The number of anilines is 2. The molecule has 0 atom stereocenters. The van der Waals surface area contributed by atoms with E-state index in [0.29, 0.717) is 29.2 Å². The third kappa shape index (κ3) is 5.07. The number of methoxy groups -OCH3 is 1. The molecule has 1 heterocycles. The Hall–Kier alpha value is -3.87. The predicted octanol–water partition coefficient (Wildman–Crippen LogP) is 3.66. The normalized spacial score (nSPS) is 10.0. The molecule has 0 bridgehead atoms. The number of pyridine rings is 1. The van der Waals surface area contributed by atoms with Crippen molar-refractivity contribution in [3.8, 4) is 5.75 Å². The van der Waals surface area contributed by atoms with E-state index in [2.05, 4.69) is 20.9 Å². The number of aromatic nitrogens is 1. The average molecular weight is 376 g/mol. The van der Waals surface area contributed by atoms with E-state index in [9.17, 15) is 9.59 Å². The monoisotopic (exact) mass is 376 g/mol. The van der Waals surface area contributed by atoms with Gasteiger partial charge in [-0.3, -0.25) is 9.78 Å². The molecule has 0 aliphatic heterocycles. The first-order valence-corrected chi connectivity index (χ1v) is 8.65. The quantitative estimate of drug-likeness (QED) is 0.612. The molecule has 3 rings (SSSR count). The third-order valence-corrected chi connectivity index (χ3v) is 3.92. The minimum Gasteiger partial charge on any atom is -0.495 e. The molecule has 142 valence electrons. The van der Waals surface area contributed by atoms with Gasteiger partial charge in [0.2, 0.25) is 0 Å². The van der Waals surface area contributed by atoms with Crippen molar-refractivity contribution >= 4 is 23.3 Å². The van der Waals surface area contributed by atoms with Gasteiger partial charge in [0.15, 0.2) is 0 Å². The van der Waals surface area contributed by atoms with Crippen molar-refractivity contribution in [1.82, 2.24) is 10.3 Å². The molecular weight excluding hydrogens is 356 g/mol. The summed E-state index contributed by atoms with van der Waals surface area (Å²) in [5, 5.41) is 8.25. The van der Waals surface area contributed by atoms with Crippen molar-refractivity contribution in [2.24, 2.45) is 0 Å². The largest absolute Gasteiger partial charge is 0.495 e. The van der Waals surface area contributed by atoms with Crippen molar-refractivity contribution in [2.75, 3.05) is 17.7 Å². The minimum atomic E-state index is -0.350. The first-order chi connectivity index (χ1) is 13.7. The number of para-hydroxylation sites is 2. The fraction of sp³-hybridized carbons (Fsp3) is 0.0952. The molecule has 3 amide bonds. The van der Waals surface area contributed by atoms with Crippen LogP contribution in [0.1, 0.15) is 16.1 Å². The van der Waals surface area contributed by atoms with Crippen LogP contribution in [-0.4, -0.2) is 24.0 Å². The summed E-state index contributed by atoms with van der Waals surface area (Å²) in [5.41, 5.74) is 2.39. The lowest BCUT2D eigenvalue weighted by Gasteiger charge is -2.10. The number of benzene rings is 2. The van der Waals surface area contributed by atoms with Crippen LogP contribution < -0.4 is 20.7 Å². The highest BCUT2D eigenvalue weighted by Gasteiger charge is 2.10. The van der Waals surface area contributed by atoms with E-state index in [1.807, 2.05) is 30.3 Å². The topological polar surface area (TPSA) is 92.4 Å². The van der Waals surface area contributed by atoms with Gasteiger partial charge in [-0.25, -0.2) is 4.79 Å². The van der Waals surface area contributed by atoms with Crippen LogP contribution in [0.2, 0.25) is 0 Å². The van der Waals surface area contributed by atoms with Crippen LogP contribution >= 0.6 is 0 Å². The number of urea groups is 1. The van der Waals surface area contributed by atoms with E-state index in [-0.39, 0.29) is 11.9 Å². The SMILES string of the molecule is COc1ccccc1NC(=O)c1ccc(NC(=O)NCc2ccccn2)cc1. The Morgan fingerprint density at radius 3 is 2.39 bits per heavy atom. The van der Waals surface area contributed by atoms with Gasteiger partial charge in [-0.05, 0) is 48.5 Å². The smallest absolute Gasteiger partial charge is 0.319 e. The van der Waals surface area contributed by atoms with Crippen LogP contribution in [-0.2, 0) is 6.54 Å². The van der Waals surface area contributed by atoms with Crippen LogP contribution in [0.25, 0.3) is 0 Å². The van der Waals surface area contributed by atoms with Crippen LogP contribution in [0.3, 0.4) is 0 Å². The van der Waals surface area contributed by atoms with Gasteiger partial charge in [0.25, 0.3) is 5.91 Å². The summed E-state index contributed by atoms with van der Waals surface area (Å²) in [7, 11) is 1.55. The van der Waals surface area contributed by atoms with Gasteiger partial charge in [0, 0.05) is 17.4 Å². The van der Waals surface area contributed by atoms with Gasteiger partial charge in [-0.1, -0.05) is 18.2 Å². The summed E-state index contributed by atoms with van der Waals surface area (Å²) in [6.07, 6.45) is 1.67. The van der Waals surface area contributed by atoms with Crippen molar-refractivity contribution in [3.63, 3.8) is 0 Å². The van der Waals surface area contributed by atoms with Crippen LogP contribution in [0.15, 0.2) is 72.9 Å². The Labute approximate surface area is 162 Å². The molecule has 0 aliphatic carbocycles. The molecular formula is C21H20N4O3. The van der Waals surface area contributed by atoms with Gasteiger partial charge >= 0.3 is 6.03 Å². The second kappa shape index (κ2) is 9.18. The predicted molar refractivity (Wildman–Crippen MR) is 107 cm³/mol. The minimum absolute atomic E-state index is 0.268. The number of hydrogen-bond acceptors (Lipinski definition) is 4. The molecule has 3 aromatic rings. The summed E-state index contributed by atoms with van der Waals surface area (Å²) in [4.78, 5) is 28.5. The van der Waals surface area contributed by atoms with E-state index in [1.165, 1.54) is 0 Å². The molecule has 2 aromatic carbocycles. The van der Waals surface area contributed by atoms with E-state index in [0.717, 1.165) is 5.69 Å². The highest BCUT2D eigenvalue weighted by Crippen LogP contribution is 2.23. The maximum atomic E-state index is 12.4. The Morgan fingerprint density at radius 2 is 1.68 bits per heavy atom. The van der Waals surface area contributed by atoms with Crippen molar-refractivity contribution in [2.45, 2.75) is 6.54 Å². The van der Waals surface area contributed by atoms with Gasteiger partial charge in [0.1, 0.15) is 5.75 Å². The van der Waals surface area contributed by atoms with Crippen molar-refractivity contribution < 1.29 is 14.3 Å². The van der Waals surface area contributed by atoms with E-state index in [4.69, 9.17) is 4.74 Å². The summed E-state index contributed by atoms with van der Waals surface area (Å²) >= 11 is 0. The Kier molecular flexibility index (Phi) is 6.20. The molecule has 1 aromatic heterocycles. The number of amides is 3. The number of nitrogens with zero attached hydrogens (tertiary/aromatic N) is 1. The zero-order valence-corrected chi connectivity index (χ0v) is 15.3. The maximum absolute atomic E-state index is 12.4. The molecule has 28 heavy (non-hydrogen) atoms. The van der Waals surface area contributed by atoms with Crippen LogP contribution in [0.4, 0.5) is 16.2 Å². The van der Waals surface area contributed by atoms with Crippen molar-refractivity contribution in [1.29, 1.82) is 0 Å². The number of rotatable bonds is 6. The standard InChI is InChI=1S/C21H20N4O3/c1-28-19-8-3-2-7-18(19)25-20(26)15-9-11-16(12-10-15)24-21(27)23-14-17-6-4-5-13-22-17/h2-13H,14H2,1H3,(H,25,26)(H2,23,24,27). The zero-order valence-electron chi connectivity index (χ0n) is 15.3. The van der Waals surface area contributed by atoms with Gasteiger partial charge in [0.05, 0.1) is 25.0 Å². The molecule has 3 N–H and O–H groups in total. The summed E-state index contributed by atoms with van der Waals surface area (Å²) in [5.74, 6) is 0.314. The first-order valence-electron chi connectivity index (χ1n) is 8.65. The molecule has 0 unspecified atom stereocenters. The highest BCUT2D eigenvalue weighted by atomic mass is 16.5. The molecule has 0 saturated heterocycles. The summed E-state index contributed by atoms with van der Waals surface area (Å²) in [6, 6.07) is 18.9. The second-order valence-corrected chi connectivity index (χ2v) is 5.86. The highest BCUT2D eigenvalue weighted by molar-refractivity contribution is 6.05.